The van der Waals surface area contributed by atoms with Crippen LogP contribution in [0.4, 0.5) is 5.82 Å². The normalized spacial score (nSPS) is 17.0. The monoisotopic (exact) mass is 354 g/mol. The Morgan fingerprint density at radius 2 is 2.08 bits per heavy atom. The molecule has 7 heteroatoms. The molecular weight excluding hydrogens is 332 g/mol. The number of aliphatic hydroxyl groups excluding tert-OH is 1. The van der Waals surface area contributed by atoms with Crippen molar-refractivity contribution in [3.8, 4) is 22.6 Å². The smallest absolute Gasteiger partial charge is 0.165 e. The second kappa shape index (κ2) is 6.84. The van der Waals surface area contributed by atoms with Gasteiger partial charge in [-0.2, -0.15) is 9.61 Å². The van der Waals surface area contributed by atoms with Crippen LogP contribution in [0.3, 0.4) is 0 Å². The van der Waals surface area contributed by atoms with E-state index in [2.05, 4.69) is 15.0 Å². The first-order valence-corrected chi connectivity index (χ1v) is 8.69. The number of nitrogens with zero attached hydrogens (tertiary/aromatic N) is 4. The Hall–Kier alpha value is -2.80. The van der Waals surface area contributed by atoms with Crippen molar-refractivity contribution in [1.29, 1.82) is 0 Å². The lowest BCUT2D eigenvalue weighted by Gasteiger charge is -2.25. The van der Waals surface area contributed by atoms with Gasteiger partial charge < -0.3 is 19.5 Å². The summed E-state index contributed by atoms with van der Waals surface area (Å²) in [5.74, 6) is 2.39. The average Bonchev–Trinajstić information content (AvgIpc) is 3.33. The van der Waals surface area contributed by atoms with Gasteiger partial charge in [0.15, 0.2) is 5.65 Å². The minimum Gasteiger partial charge on any atom is -0.497 e. The first-order valence-electron chi connectivity index (χ1n) is 8.69. The fourth-order valence-corrected chi connectivity index (χ4v) is 3.63. The Balaban J connectivity index is 1.83. The van der Waals surface area contributed by atoms with Gasteiger partial charge in [-0.25, -0.2) is 4.98 Å². The standard InChI is InChI=1S/C19H22N4O3/c1-25-14-5-6-15(17(10-14)26-2)16-11-21-23-18(7-8-20-19(16)23)22-9-3-4-13(22)12-24/h5-8,10-11,13,24H,3-4,9,12H2,1-2H3/t13-/m0/s1. The van der Waals surface area contributed by atoms with Crippen molar-refractivity contribution in [3.05, 3.63) is 36.7 Å². The third-order valence-electron chi connectivity index (χ3n) is 4.96. The lowest BCUT2D eigenvalue weighted by molar-refractivity contribution is 0.265. The van der Waals surface area contributed by atoms with E-state index in [1.54, 1.807) is 26.6 Å². The maximum atomic E-state index is 9.66. The Morgan fingerprint density at radius 3 is 2.85 bits per heavy atom. The van der Waals surface area contributed by atoms with Crippen LogP contribution in [-0.2, 0) is 0 Å². The van der Waals surface area contributed by atoms with E-state index in [0.29, 0.717) is 5.75 Å². The third kappa shape index (κ3) is 2.64. The van der Waals surface area contributed by atoms with Crippen LogP contribution in [-0.4, -0.2) is 53.1 Å². The summed E-state index contributed by atoms with van der Waals surface area (Å²) in [5.41, 5.74) is 2.56. The second-order valence-corrected chi connectivity index (χ2v) is 6.33. The van der Waals surface area contributed by atoms with Crippen molar-refractivity contribution in [2.75, 3.05) is 32.3 Å². The highest BCUT2D eigenvalue weighted by Gasteiger charge is 2.26. The number of fused-ring (bicyclic) bond motifs is 1. The third-order valence-corrected chi connectivity index (χ3v) is 4.96. The summed E-state index contributed by atoms with van der Waals surface area (Å²) in [6, 6.07) is 7.78. The summed E-state index contributed by atoms with van der Waals surface area (Å²) in [6.07, 6.45) is 5.65. The summed E-state index contributed by atoms with van der Waals surface area (Å²) < 4.78 is 12.7. The van der Waals surface area contributed by atoms with E-state index in [1.807, 2.05) is 28.8 Å². The molecule has 136 valence electrons. The Labute approximate surface area is 151 Å². The summed E-state index contributed by atoms with van der Waals surface area (Å²) in [4.78, 5) is 6.75. The number of aliphatic hydroxyl groups is 1. The number of ether oxygens (including phenoxy) is 2. The highest BCUT2D eigenvalue weighted by Crippen LogP contribution is 2.36. The number of rotatable bonds is 5. The zero-order chi connectivity index (χ0) is 18.1. The molecule has 7 nitrogen and oxygen atoms in total. The highest BCUT2D eigenvalue weighted by atomic mass is 16.5. The van der Waals surface area contributed by atoms with E-state index in [4.69, 9.17) is 9.47 Å². The molecule has 1 saturated heterocycles. The van der Waals surface area contributed by atoms with E-state index in [9.17, 15) is 5.11 Å². The number of aromatic nitrogens is 3. The van der Waals surface area contributed by atoms with Crippen molar-refractivity contribution in [2.24, 2.45) is 0 Å². The molecule has 1 atom stereocenters. The van der Waals surface area contributed by atoms with Gasteiger partial charge in [0, 0.05) is 24.4 Å². The molecule has 0 radical (unpaired) electrons. The van der Waals surface area contributed by atoms with Crippen molar-refractivity contribution >= 4 is 11.5 Å². The molecule has 3 heterocycles. The molecule has 0 aliphatic carbocycles. The fourth-order valence-electron chi connectivity index (χ4n) is 3.63. The van der Waals surface area contributed by atoms with Gasteiger partial charge in [0.1, 0.15) is 17.3 Å². The maximum absolute atomic E-state index is 9.66. The second-order valence-electron chi connectivity index (χ2n) is 6.33. The zero-order valence-corrected chi connectivity index (χ0v) is 14.9. The van der Waals surface area contributed by atoms with Crippen molar-refractivity contribution in [1.82, 2.24) is 14.6 Å². The van der Waals surface area contributed by atoms with Gasteiger partial charge in [-0.05, 0) is 31.0 Å². The minimum absolute atomic E-state index is 0.128. The largest absolute Gasteiger partial charge is 0.497 e. The van der Waals surface area contributed by atoms with Crippen LogP contribution >= 0.6 is 0 Å². The van der Waals surface area contributed by atoms with Gasteiger partial charge in [-0.3, -0.25) is 0 Å². The molecule has 1 fully saturated rings. The number of methoxy groups -OCH3 is 2. The maximum Gasteiger partial charge on any atom is 0.165 e. The lowest BCUT2D eigenvalue weighted by Crippen LogP contribution is -2.33. The predicted octanol–water partition coefficient (Wildman–Crippen LogP) is 2.37. The average molecular weight is 354 g/mol. The molecule has 0 saturated carbocycles. The summed E-state index contributed by atoms with van der Waals surface area (Å²) >= 11 is 0. The minimum atomic E-state index is 0.128. The van der Waals surface area contributed by atoms with Crippen LogP contribution in [0.15, 0.2) is 36.7 Å². The molecule has 26 heavy (non-hydrogen) atoms. The summed E-state index contributed by atoms with van der Waals surface area (Å²) in [6.45, 7) is 1.05. The topological polar surface area (TPSA) is 72.1 Å². The van der Waals surface area contributed by atoms with Crippen molar-refractivity contribution in [3.63, 3.8) is 0 Å². The molecule has 1 aliphatic heterocycles. The van der Waals surface area contributed by atoms with Crippen LogP contribution in [0, 0.1) is 0 Å². The van der Waals surface area contributed by atoms with Crippen LogP contribution in [0.2, 0.25) is 0 Å². The Kier molecular flexibility index (Phi) is 4.38. The van der Waals surface area contributed by atoms with Gasteiger partial charge >= 0.3 is 0 Å². The molecule has 1 N–H and O–H groups in total. The van der Waals surface area contributed by atoms with E-state index >= 15 is 0 Å². The number of benzene rings is 1. The van der Waals surface area contributed by atoms with Gasteiger partial charge in [0.25, 0.3) is 0 Å². The molecule has 4 rings (SSSR count). The molecule has 0 unspecified atom stereocenters. The van der Waals surface area contributed by atoms with E-state index in [1.165, 1.54) is 0 Å². The molecule has 3 aromatic rings. The van der Waals surface area contributed by atoms with Crippen LogP contribution in [0.1, 0.15) is 12.8 Å². The van der Waals surface area contributed by atoms with Gasteiger partial charge in [-0.15, -0.1) is 0 Å². The molecule has 2 aromatic heterocycles. The van der Waals surface area contributed by atoms with Gasteiger partial charge in [-0.1, -0.05) is 0 Å². The first kappa shape index (κ1) is 16.7. The Morgan fingerprint density at radius 1 is 1.19 bits per heavy atom. The molecule has 1 aliphatic rings. The van der Waals surface area contributed by atoms with Gasteiger partial charge in [0.2, 0.25) is 0 Å². The molecule has 0 amide bonds. The molecule has 0 bridgehead atoms. The lowest BCUT2D eigenvalue weighted by atomic mass is 10.1. The van der Waals surface area contributed by atoms with Crippen molar-refractivity contribution in [2.45, 2.75) is 18.9 Å². The first-order chi connectivity index (χ1) is 12.8. The van der Waals surface area contributed by atoms with Gasteiger partial charge in [0.05, 0.1) is 38.6 Å². The summed E-state index contributed by atoms with van der Waals surface area (Å²) in [5, 5.41) is 14.2. The highest BCUT2D eigenvalue weighted by molar-refractivity contribution is 5.82. The number of anilines is 1. The zero-order valence-electron chi connectivity index (χ0n) is 14.9. The number of hydrogen-bond acceptors (Lipinski definition) is 6. The van der Waals surface area contributed by atoms with E-state index in [0.717, 1.165) is 47.7 Å². The molecular formula is C19H22N4O3. The predicted molar refractivity (Wildman–Crippen MR) is 99.0 cm³/mol. The van der Waals surface area contributed by atoms with E-state index < -0.39 is 0 Å². The Bertz CT molecular complexity index is 924. The summed E-state index contributed by atoms with van der Waals surface area (Å²) in [7, 11) is 3.27. The SMILES string of the molecule is COc1ccc(-c2cnn3c(N4CCC[C@H]4CO)ccnc23)c(OC)c1. The van der Waals surface area contributed by atoms with Crippen molar-refractivity contribution < 1.29 is 14.6 Å². The molecule has 1 aromatic carbocycles. The quantitative estimate of drug-likeness (QED) is 0.758. The van der Waals surface area contributed by atoms with Crippen LogP contribution < -0.4 is 14.4 Å². The fraction of sp³-hybridized carbons (Fsp3) is 0.368. The van der Waals surface area contributed by atoms with Crippen LogP contribution in [0.25, 0.3) is 16.8 Å². The van der Waals surface area contributed by atoms with E-state index in [-0.39, 0.29) is 12.6 Å². The van der Waals surface area contributed by atoms with Crippen LogP contribution in [0.5, 0.6) is 11.5 Å². The molecule has 0 spiro atoms. The number of hydrogen-bond donors (Lipinski definition) is 1.